The second-order valence-corrected chi connectivity index (χ2v) is 8.82. The number of thioether (sulfide) groups is 1. The van der Waals surface area contributed by atoms with Gasteiger partial charge in [0.05, 0.1) is 24.1 Å². The molecule has 2 heterocycles. The van der Waals surface area contributed by atoms with Gasteiger partial charge in [-0.15, -0.1) is 10.2 Å². The first-order valence-electron chi connectivity index (χ1n) is 11.1. The van der Waals surface area contributed by atoms with Gasteiger partial charge in [-0.25, -0.2) is 0 Å². The molecule has 1 N–H and O–H groups in total. The van der Waals surface area contributed by atoms with Crippen LogP contribution in [0.4, 0.5) is 0 Å². The Morgan fingerprint density at radius 3 is 2.76 bits per heavy atom. The first-order chi connectivity index (χ1) is 16.2. The summed E-state index contributed by atoms with van der Waals surface area (Å²) in [5.74, 6) is 1.26. The number of aromatic nitrogens is 4. The molecule has 0 saturated heterocycles. The van der Waals surface area contributed by atoms with Crippen molar-refractivity contribution in [2.45, 2.75) is 49.7 Å². The molecule has 33 heavy (non-hydrogen) atoms. The van der Waals surface area contributed by atoms with Crippen molar-refractivity contribution in [3.63, 3.8) is 0 Å². The van der Waals surface area contributed by atoms with Crippen LogP contribution in [0.25, 0.3) is 17.1 Å². The lowest BCUT2D eigenvalue weighted by molar-refractivity contribution is -0.120. The van der Waals surface area contributed by atoms with Gasteiger partial charge in [-0.3, -0.25) is 14.3 Å². The summed E-state index contributed by atoms with van der Waals surface area (Å²) in [6, 6.07) is 13.8. The van der Waals surface area contributed by atoms with Crippen molar-refractivity contribution in [1.82, 2.24) is 25.1 Å². The molecule has 1 aliphatic rings. The highest BCUT2D eigenvalue weighted by atomic mass is 32.2. The molecule has 0 aliphatic heterocycles. The van der Waals surface area contributed by atoms with Crippen molar-refractivity contribution in [3.05, 3.63) is 48.8 Å². The summed E-state index contributed by atoms with van der Waals surface area (Å²) in [6.07, 6.45) is 7.84. The number of carbonyl (C=O) groups is 1. The molecule has 1 aromatic carbocycles. The molecule has 0 radical (unpaired) electrons. The van der Waals surface area contributed by atoms with E-state index in [0.29, 0.717) is 36.2 Å². The Morgan fingerprint density at radius 1 is 1.21 bits per heavy atom. The highest BCUT2D eigenvalue weighted by Crippen LogP contribution is 2.33. The maximum atomic E-state index is 12.8. The van der Waals surface area contributed by atoms with Crippen LogP contribution in [0, 0.1) is 11.3 Å². The van der Waals surface area contributed by atoms with Gasteiger partial charge in [0.25, 0.3) is 0 Å². The summed E-state index contributed by atoms with van der Waals surface area (Å²) in [6.45, 7) is 2.45. The van der Waals surface area contributed by atoms with E-state index in [0.717, 1.165) is 30.5 Å². The van der Waals surface area contributed by atoms with Crippen molar-refractivity contribution >= 4 is 17.7 Å². The van der Waals surface area contributed by atoms with Crippen LogP contribution >= 0.6 is 11.8 Å². The number of benzene rings is 1. The van der Waals surface area contributed by atoms with Gasteiger partial charge < -0.3 is 10.1 Å². The van der Waals surface area contributed by atoms with Gasteiger partial charge in [0.1, 0.15) is 11.3 Å². The lowest BCUT2D eigenvalue weighted by atomic mass is 9.83. The van der Waals surface area contributed by atoms with Crippen LogP contribution in [0.2, 0.25) is 0 Å². The fourth-order valence-electron chi connectivity index (χ4n) is 4.04. The molecule has 1 saturated carbocycles. The van der Waals surface area contributed by atoms with Gasteiger partial charge in [-0.1, -0.05) is 43.2 Å². The zero-order chi connectivity index (χ0) is 23.1. The standard InChI is InChI=1S/C24H26N6O2S/c1-2-32-20-11-5-4-10-19(20)30-22(18-9-8-14-26-15-18)28-29-23(30)33-16-21(31)27-24(17-25)12-6-3-7-13-24/h4-5,8-11,14-15H,2-3,6-7,12-13,16H2,1H3,(H,27,31). The Hall–Kier alpha value is -3.38. The Bertz CT molecular complexity index is 1140. The summed E-state index contributed by atoms with van der Waals surface area (Å²) < 4.78 is 7.73. The van der Waals surface area contributed by atoms with Gasteiger partial charge in [-0.05, 0) is 44.0 Å². The third-order valence-corrected chi connectivity index (χ3v) is 6.52. The molecule has 2 aromatic heterocycles. The van der Waals surface area contributed by atoms with E-state index in [9.17, 15) is 10.1 Å². The van der Waals surface area contributed by atoms with E-state index in [4.69, 9.17) is 4.74 Å². The first kappa shape index (κ1) is 22.8. The van der Waals surface area contributed by atoms with Gasteiger partial charge in [0, 0.05) is 18.0 Å². The SMILES string of the molecule is CCOc1ccccc1-n1c(SCC(=O)NC2(C#N)CCCCC2)nnc1-c1cccnc1. The van der Waals surface area contributed by atoms with E-state index in [2.05, 4.69) is 26.6 Å². The van der Waals surface area contributed by atoms with Gasteiger partial charge >= 0.3 is 0 Å². The zero-order valence-electron chi connectivity index (χ0n) is 18.5. The molecule has 170 valence electrons. The average molecular weight is 463 g/mol. The third kappa shape index (κ3) is 5.17. The second kappa shape index (κ2) is 10.5. The number of para-hydroxylation sites is 2. The normalized spacial score (nSPS) is 14.9. The third-order valence-electron chi connectivity index (χ3n) is 5.59. The van der Waals surface area contributed by atoms with E-state index in [1.807, 2.05) is 47.9 Å². The first-order valence-corrected chi connectivity index (χ1v) is 12.1. The predicted octanol–water partition coefficient (Wildman–Crippen LogP) is 4.16. The molecular formula is C24H26N6O2S. The van der Waals surface area contributed by atoms with Crippen LogP contribution < -0.4 is 10.1 Å². The fraction of sp³-hybridized carbons (Fsp3) is 0.375. The van der Waals surface area contributed by atoms with Gasteiger partial charge in [0.2, 0.25) is 5.91 Å². The Balaban J connectivity index is 1.62. The van der Waals surface area contributed by atoms with Crippen LogP contribution in [0.5, 0.6) is 5.75 Å². The van der Waals surface area contributed by atoms with Gasteiger partial charge in [0.15, 0.2) is 11.0 Å². The number of ether oxygens (including phenoxy) is 1. The molecule has 8 nitrogen and oxygen atoms in total. The maximum absolute atomic E-state index is 12.8. The zero-order valence-corrected chi connectivity index (χ0v) is 19.3. The minimum absolute atomic E-state index is 0.130. The largest absolute Gasteiger partial charge is 0.492 e. The summed E-state index contributed by atoms with van der Waals surface area (Å²) >= 11 is 1.28. The lowest BCUT2D eigenvalue weighted by Crippen LogP contribution is -2.49. The number of pyridine rings is 1. The molecule has 4 rings (SSSR count). The summed E-state index contributed by atoms with van der Waals surface area (Å²) in [5.41, 5.74) is 0.830. The smallest absolute Gasteiger partial charge is 0.231 e. The number of rotatable bonds is 8. The summed E-state index contributed by atoms with van der Waals surface area (Å²) in [5, 5.41) is 22.0. The van der Waals surface area contributed by atoms with Crippen molar-refractivity contribution in [3.8, 4) is 28.9 Å². The number of nitrogens with zero attached hydrogens (tertiary/aromatic N) is 5. The molecule has 0 bridgehead atoms. The number of hydrogen-bond acceptors (Lipinski definition) is 7. The topological polar surface area (TPSA) is 106 Å². The molecule has 1 fully saturated rings. The van der Waals surface area contributed by atoms with E-state index in [1.54, 1.807) is 12.4 Å². The van der Waals surface area contributed by atoms with Crippen LogP contribution in [-0.2, 0) is 4.79 Å². The van der Waals surface area contributed by atoms with Crippen LogP contribution in [0.3, 0.4) is 0 Å². The number of nitrogens with one attached hydrogen (secondary N) is 1. The second-order valence-electron chi connectivity index (χ2n) is 7.88. The van der Waals surface area contributed by atoms with E-state index >= 15 is 0 Å². The molecule has 0 atom stereocenters. The van der Waals surface area contributed by atoms with Crippen LogP contribution in [-0.4, -0.2) is 43.6 Å². The monoisotopic (exact) mass is 462 g/mol. The van der Waals surface area contributed by atoms with Crippen molar-refractivity contribution < 1.29 is 9.53 Å². The fourth-order valence-corrected chi connectivity index (χ4v) is 4.78. The summed E-state index contributed by atoms with van der Waals surface area (Å²) in [4.78, 5) is 17.0. The van der Waals surface area contributed by atoms with Crippen LogP contribution in [0.15, 0.2) is 53.9 Å². The highest BCUT2D eigenvalue weighted by molar-refractivity contribution is 7.99. The Morgan fingerprint density at radius 2 is 2.03 bits per heavy atom. The predicted molar refractivity (Wildman–Crippen MR) is 126 cm³/mol. The Kier molecular flexibility index (Phi) is 7.25. The minimum Gasteiger partial charge on any atom is -0.492 e. The van der Waals surface area contributed by atoms with Gasteiger partial charge in [-0.2, -0.15) is 5.26 Å². The molecule has 9 heteroatoms. The number of carbonyl (C=O) groups excluding carboxylic acids is 1. The maximum Gasteiger partial charge on any atom is 0.231 e. The van der Waals surface area contributed by atoms with E-state index in [1.165, 1.54) is 11.8 Å². The average Bonchev–Trinajstić information content (AvgIpc) is 3.28. The molecule has 1 amide bonds. The van der Waals surface area contributed by atoms with E-state index < -0.39 is 5.54 Å². The van der Waals surface area contributed by atoms with Crippen molar-refractivity contribution in [1.29, 1.82) is 5.26 Å². The quantitative estimate of drug-likeness (QED) is 0.501. The van der Waals surface area contributed by atoms with Crippen LogP contribution in [0.1, 0.15) is 39.0 Å². The number of amides is 1. The van der Waals surface area contributed by atoms with Crippen molar-refractivity contribution in [2.75, 3.05) is 12.4 Å². The minimum atomic E-state index is -0.758. The molecule has 0 spiro atoms. The lowest BCUT2D eigenvalue weighted by Gasteiger charge is -2.31. The molecular weight excluding hydrogens is 436 g/mol. The molecule has 3 aromatic rings. The highest BCUT2D eigenvalue weighted by Gasteiger charge is 2.33. The molecule has 1 aliphatic carbocycles. The number of hydrogen-bond donors (Lipinski definition) is 1. The van der Waals surface area contributed by atoms with E-state index in [-0.39, 0.29) is 11.7 Å². The number of nitriles is 1. The molecule has 0 unspecified atom stereocenters. The Labute approximate surface area is 197 Å². The summed E-state index contributed by atoms with van der Waals surface area (Å²) in [7, 11) is 0. The van der Waals surface area contributed by atoms with Crippen molar-refractivity contribution in [2.24, 2.45) is 0 Å².